The van der Waals surface area contributed by atoms with E-state index >= 15 is 0 Å². The Hall–Kier alpha value is -2.94. The first-order valence-electron chi connectivity index (χ1n) is 5.62. The van der Waals surface area contributed by atoms with Gasteiger partial charge in [-0.25, -0.2) is 13.6 Å². The quantitative estimate of drug-likeness (QED) is 0.879. The fraction of sp³-hybridized carbons (Fsp3) is 0. The number of anilines is 2. The first kappa shape index (κ1) is 13.5. The molecular formula is C14H9F2N3O. The second-order valence-electron chi connectivity index (χ2n) is 3.90. The minimum absolute atomic E-state index is 0.134. The van der Waals surface area contributed by atoms with Crippen LogP contribution >= 0.6 is 0 Å². The van der Waals surface area contributed by atoms with Crippen molar-refractivity contribution in [2.75, 3.05) is 10.6 Å². The Morgan fingerprint density at radius 3 is 2.15 bits per heavy atom. The summed E-state index contributed by atoms with van der Waals surface area (Å²) in [4.78, 5) is 11.6. The third kappa shape index (κ3) is 3.29. The van der Waals surface area contributed by atoms with Gasteiger partial charge in [0.05, 0.1) is 11.6 Å². The Bertz CT molecular complexity index is 678. The number of rotatable bonds is 2. The van der Waals surface area contributed by atoms with Gasteiger partial charge in [-0.2, -0.15) is 5.26 Å². The van der Waals surface area contributed by atoms with Crippen molar-refractivity contribution in [3.05, 3.63) is 59.7 Å². The van der Waals surface area contributed by atoms with E-state index in [1.807, 2.05) is 6.07 Å². The van der Waals surface area contributed by atoms with Crippen LogP contribution in [0.3, 0.4) is 0 Å². The van der Waals surface area contributed by atoms with E-state index in [-0.39, 0.29) is 5.69 Å². The molecule has 0 aliphatic heterocycles. The van der Waals surface area contributed by atoms with Crippen molar-refractivity contribution in [1.82, 2.24) is 0 Å². The van der Waals surface area contributed by atoms with Gasteiger partial charge in [-0.05, 0) is 36.4 Å². The number of hydrogen-bond donors (Lipinski definition) is 2. The van der Waals surface area contributed by atoms with Crippen molar-refractivity contribution < 1.29 is 13.6 Å². The Morgan fingerprint density at radius 2 is 1.55 bits per heavy atom. The molecule has 2 N–H and O–H groups in total. The highest BCUT2D eigenvalue weighted by Crippen LogP contribution is 2.14. The van der Waals surface area contributed by atoms with Gasteiger partial charge in [-0.1, -0.05) is 0 Å². The minimum Gasteiger partial charge on any atom is -0.308 e. The van der Waals surface area contributed by atoms with Crippen molar-refractivity contribution in [3.8, 4) is 6.07 Å². The molecule has 0 fully saturated rings. The molecule has 100 valence electrons. The Balaban J connectivity index is 2.01. The molecule has 2 rings (SSSR count). The molecule has 2 amide bonds. The summed E-state index contributed by atoms with van der Waals surface area (Å²) >= 11 is 0. The summed E-state index contributed by atoms with van der Waals surface area (Å²) in [6.07, 6.45) is 0. The lowest BCUT2D eigenvalue weighted by molar-refractivity contribution is 0.262. The maximum absolute atomic E-state index is 13.0. The number of nitriles is 1. The first-order valence-corrected chi connectivity index (χ1v) is 5.62. The van der Waals surface area contributed by atoms with Gasteiger partial charge in [0.2, 0.25) is 0 Å². The lowest BCUT2D eigenvalue weighted by Crippen LogP contribution is -2.19. The number of hydrogen-bond acceptors (Lipinski definition) is 2. The van der Waals surface area contributed by atoms with E-state index in [0.29, 0.717) is 11.3 Å². The minimum atomic E-state index is -1.04. The van der Waals surface area contributed by atoms with Crippen molar-refractivity contribution in [2.45, 2.75) is 0 Å². The standard InChI is InChI=1S/C14H9F2N3O/c15-12-6-5-11(7-13(12)16)19-14(20)18-10-3-1-9(8-17)2-4-10/h1-7H,(H2,18,19,20). The van der Waals surface area contributed by atoms with Crippen LogP contribution in [0.2, 0.25) is 0 Å². The van der Waals surface area contributed by atoms with Crippen molar-refractivity contribution >= 4 is 17.4 Å². The highest BCUT2D eigenvalue weighted by molar-refractivity contribution is 5.99. The molecule has 0 radical (unpaired) electrons. The lowest BCUT2D eigenvalue weighted by Gasteiger charge is -2.07. The van der Waals surface area contributed by atoms with Crippen LogP contribution in [-0.4, -0.2) is 6.03 Å². The maximum Gasteiger partial charge on any atom is 0.323 e. The summed E-state index contributed by atoms with van der Waals surface area (Å²) in [6.45, 7) is 0. The van der Waals surface area contributed by atoms with Gasteiger partial charge in [-0.3, -0.25) is 0 Å². The molecule has 6 heteroatoms. The molecule has 0 saturated carbocycles. The number of benzene rings is 2. The average molecular weight is 273 g/mol. The van der Waals surface area contributed by atoms with E-state index in [1.165, 1.54) is 6.07 Å². The summed E-state index contributed by atoms with van der Waals surface area (Å²) < 4.78 is 25.7. The van der Waals surface area contributed by atoms with Crippen LogP contribution in [0.25, 0.3) is 0 Å². The number of nitrogens with zero attached hydrogens (tertiary/aromatic N) is 1. The van der Waals surface area contributed by atoms with Crippen molar-refractivity contribution in [3.63, 3.8) is 0 Å². The van der Waals surface area contributed by atoms with Crippen LogP contribution in [0.1, 0.15) is 5.56 Å². The second kappa shape index (κ2) is 5.80. The zero-order valence-electron chi connectivity index (χ0n) is 10.2. The second-order valence-corrected chi connectivity index (χ2v) is 3.90. The van der Waals surface area contributed by atoms with E-state index in [0.717, 1.165) is 12.1 Å². The molecule has 0 saturated heterocycles. The predicted octanol–water partition coefficient (Wildman–Crippen LogP) is 3.48. The molecule has 20 heavy (non-hydrogen) atoms. The molecule has 0 bridgehead atoms. The first-order chi connectivity index (χ1) is 9.58. The number of carbonyl (C=O) groups is 1. The van der Waals surface area contributed by atoms with Crippen molar-refractivity contribution in [2.24, 2.45) is 0 Å². The fourth-order valence-corrected chi connectivity index (χ4v) is 1.50. The third-order valence-corrected chi connectivity index (χ3v) is 2.45. The molecule has 0 aliphatic carbocycles. The van der Waals surface area contributed by atoms with Gasteiger partial charge in [0.15, 0.2) is 11.6 Å². The molecular weight excluding hydrogens is 264 g/mol. The molecule has 0 heterocycles. The van der Waals surface area contributed by atoms with Crippen LogP contribution in [0.5, 0.6) is 0 Å². The van der Waals surface area contributed by atoms with Crippen LogP contribution in [-0.2, 0) is 0 Å². The predicted molar refractivity (Wildman–Crippen MR) is 70.2 cm³/mol. The summed E-state index contributed by atoms with van der Waals surface area (Å²) in [5.74, 6) is -2.02. The number of urea groups is 1. The largest absolute Gasteiger partial charge is 0.323 e. The monoisotopic (exact) mass is 273 g/mol. The van der Waals surface area contributed by atoms with E-state index in [4.69, 9.17) is 5.26 Å². The highest BCUT2D eigenvalue weighted by atomic mass is 19.2. The normalized spacial score (nSPS) is 9.65. The van der Waals surface area contributed by atoms with Gasteiger partial charge in [0.25, 0.3) is 0 Å². The van der Waals surface area contributed by atoms with Crippen LogP contribution in [0.15, 0.2) is 42.5 Å². The van der Waals surface area contributed by atoms with Crippen LogP contribution < -0.4 is 10.6 Å². The fourth-order valence-electron chi connectivity index (χ4n) is 1.50. The van der Waals surface area contributed by atoms with Gasteiger partial charge in [0.1, 0.15) is 0 Å². The summed E-state index contributed by atoms with van der Waals surface area (Å²) in [6, 6.07) is 10.6. The molecule has 2 aromatic rings. The summed E-state index contributed by atoms with van der Waals surface area (Å²) in [5.41, 5.74) is 1.08. The summed E-state index contributed by atoms with van der Waals surface area (Å²) in [7, 11) is 0. The van der Waals surface area contributed by atoms with Gasteiger partial charge in [-0.15, -0.1) is 0 Å². The van der Waals surface area contributed by atoms with Crippen LogP contribution in [0.4, 0.5) is 25.0 Å². The zero-order valence-corrected chi connectivity index (χ0v) is 10.2. The Kier molecular flexibility index (Phi) is 3.91. The number of amides is 2. The molecule has 0 spiro atoms. The maximum atomic E-state index is 13.0. The molecule has 0 atom stereocenters. The van der Waals surface area contributed by atoms with E-state index in [2.05, 4.69) is 10.6 Å². The van der Waals surface area contributed by atoms with E-state index < -0.39 is 17.7 Å². The molecule has 4 nitrogen and oxygen atoms in total. The van der Waals surface area contributed by atoms with Gasteiger partial charge in [0, 0.05) is 17.4 Å². The molecule has 0 aliphatic rings. The summed E-state index contributed by atoms with van der Waals surface area (Å²) in [5, 5.41) is 13.5. The highest BCUT2D eigenvalue weighted by Gasteiger charge is 2.06. The lowest BCUT2D eigenvalue weighted by atomic mass is 10.2. The molecule has 0 unspecified atom stereocenters. The number of carbonyl (C=O) groups excluding carboxylic acids is 1. The van der Waals surface area contributed by atoms with Crippen LogP contribution in [0, 0.1) is 23.0 Å². The molecule has 0 aromatic heterocycles. The smallest absolute Gasteiger partial charge is 0.308 e. The average Bonchev–Trinajstić information content (AvgIpc) is 2.44. The zero-order chi connectivity index (χ0) is 14.5. The van der Waals surface area contributed by atoms with Gasteiger partial charge >= 0.3 is 6.03 Å². The third-order valence-electron chi connectivity index (χ3n) is 2.45. The Labute approximate surface area is 113 Å². The Morgan fingerprint density at radius 1 is 0.950 bits per heavy atom. The number of halogens is 2. The van der Waals surface area contributed by atoms with Gasteiger partial charge < -0.3 is 10.6 Å². The SMILES string of the molecule is N#Cc1ccc(NC(=O)Nc2ccc(F)c(F)c2)cc1. The topological polar surface area (TPSA) is 64.9 Å². The molecule has 2 aromatic carbocycles. The van der Waals surface area contributed by atoms with E-state index in [1.54, 1.807) is 24.3 Å². The van der Waals surface area contributed by atoms with E-state index in [9.17, 15) is 13.6 Å². The van der Waals surface area contributed by atoms with Crippen molar-refractivity contribution in [1.29, 1.82) is 5.26 Å². The number of nitrogens with one attached hydrogen (secondary N) is 2.